The van der Waals surface area contributed by atoms with Gasteiger partial charge in [0.05, 0.1) is 12.4 Å². The minimum Gasteiger partial charge on any atom is -0.497 e. The number of Topliss-reactive ketones (excluding diaryl/α,β-unsaturated/α-hetero) is 1. The number of aromatic nitrogens is 2. The van der Waals surface area contributed by atoms with Crippen LogP contribution in [0.3, 0.4) is 0 Å². The van der Waals surface area contributed by atoms with E-state index in [0.29, 0.717) is 16.7 Å². The summed E-state index contributed by atoms with van der Waals surface area (Å²) in [5.74, 6) is 1.21. The lowest BCUT2D eigenvalue weighted by atomic mass is 10.1. The smallest absolute Gasteiger partial charge is 0.277 e. The first kappa shape index (κ1) is 17.2. The highest BCUT2D eigenvalue weighted by Crippen LogP contribution is 2.28. The van der Waals surface area contributed by atoms with Gasteiger partial charge in [-0.05, 0) is 38.1 Å². The van der Waals surface area contributed by atoms with Gasteiger partial charge in [0.2, 0.25) is 5.89 Å². The van der Waals surface area contributed by atoms with Gasteiger partial charge in [-0.25, -0.2) is 0 Å². The van der Waals surface area contributed by atoms with E-state index in [9.17, 15) is 4.79 Å². The zero-order chi connectivity index (χ0) is 17.8. The molecule has 2 aromatic carbocycles. The van der Waals surface area contributed by atoms with Crippen molar-refractivity contribution in [3.63, 3.8) is 0 Å². The number of carbonyl (C=O) groups is 1. The van der Waals surface area contributed by atoms with Gasteiger partial charge in [-0.1, -0.05) is 41.6 Å². The fourth-order valence-electron chi connectivity index (χ4n) is 2.26. The third-order valence-electron chi connectivity index (χ3n) is 3.73. The molecule has 0 aliphatic heterocycles. The van der Waals surface area contributed by atoms with Gasteiger partial charge in [0.1, 0.15) is 5.75 Å². The molecule has 25 heavy (non-hydrogen) atoms. The van der Waals surface area contributed by atoms with E-state index in [1.807, 2.05) is 62.4 Å². The molecule has 3 aromatic rings. The standard InChI is InChI=1S/C19H18N2O3S/c1-12-4-6-14(7-5-12)17(22)13(2)25-19-21-20-18(24-19)15-8-10-16(23-3)11-9-15/h4-11,13H,1-3H3. The molecule has 0 radical (unpaired) electrons. The third-order valence-corrected chi connectivity index (χ3v) is 4.66. The molecule has 0 saturated heterocycles. The maximum absolute atomic E-state index is 12.5. The van der Waals surface area contributed by atoms with Gasteiger partial charge in [-0.2, -0.15) is 0 Å². The van der Waals surface area contributed by atoms with Crippen LogP contribution in [-0.4, -0.2) is 28.3 Å². The Morgan fingerprint density at radius 2 is 1.76 bits per heavy atom. The number of hydrogen-bond donors (Lipinski definition) is 0. The van der Waals surface area contributed by atoms with Crippen LogP contribution in [0.4, 0.5) is 0 Å². The number of rotatable bonds is 6. The molecule has 0 saturated carbocycles. The average molecular weight is 354 g/mol. The number of ketones is 1. The summed E-state index contributed by atoms with van der Waals surface area (Å²) in [6, 6.07) is 14.9. The number of ether oxygens (including phenoxy) is 1. The van der Waals surface area contributed by atoms with Crippen molar-refractivity contribution in [1.82, 2.24) is 10.2 Å². The van der Waals surface area contributed by atoms with E-state index in [1.54, 1.807) is 7.11 Å². The van der Waals surface area contributed by atoms with E-state index in [4.69, 9.17) is 9.15 Å². The molecule has 5 nitrogen and oxygen atoms in total. The SMILES string of the molecule is COc1ccc(-c2nnc(SC(C)C(=O)c3ccc(C)cc3)o2)cc1. The van der Waals surface area contributed by atoms with Crippen LogP contribution in [0.5, 0.6) is 5.75 Å². The van der Waals surface area contributed by atoms with E-state index in [1.165, 1.54) is 11.8 Å². The van der Waals surface area contributed by atoms with Crippen molar-refractivity contribution in [3.05, 3.63) is 59.7 Å². The van der Waals surface area contributed by atoms with Crippen LogP contribution in [0, 0.1) is 6.92 Å². The monoisotopic (exact) mass is 354 g/mol. The molecule has 0 fully saturated rings. The number of nitrogens with zero attached hydrogens (tertiary/aromatic N) is 2. The van der Waals surface area contributed by atoms with Crippen molar-refractivity contribution in [3.8, 4) is 17.2 Å². The lowest BCUT2D eigenvalue weighted by Crippen LogP contribution is -2.13. The quantitative estimate of drug-likeness (QED) is 0.482. The summed E-state index contributed by atoms with van der Waals surface area (Å²) in [6.45, 7) is 3.83. The molecule has 1 unspecified atom stereocenters. The van der Waals surface area contributed by atoms with Gasteiger partial charge in [0.25, 0.3) is 5.22 Å². The van der Waals surface area contributed by atoms with Crippen molar-refractivity contribution >= 4 is 17.5 Å². The van der Waals surface area contributed by atoms with Crippen LogP contribution in [0.2, 0.25) is 0 Å². The Balaban J connectivity index is 1.69. The first-order valence-electron chi connectivity index (χ1n) is 7.82. The molecule has 0 N–H and O–H groups in total. The zero-order valence-corrected chi connectivity index (χ0v) is 15.0. The average Bonchev–Trinajstić information content (AvgIpc) is 3.10. The van der Waals surface area contributed by atoms with Gasteiger partial charge in [-0.3, -0.25) is 4.79 Å². The molecule has 0 amide bonds. The number of carbonyl (C=O) groups excluding carboxylic acids is 1. The summed E-state index contributed by atoms with van der Waals surface area (Å²) in [6.07, 6.45) is 0. The largest absolute Gasteiger partial charge is 0.497 e. The van der Waals surface area contributed by atoms with Crippen LogP contribution in [0.1, 0.15) is 22.8 Å². The number of aryl methyl sites for hydroxylation is 1. The van der Waals surface area contributed by atoms with E-state index in [2.05, 4.69) is 10.2 Å². The molecular formula is C19H18N2O3S. The second kappa shape index (κ2) is 7.53. The minimum absolute atomic E-state index is 0.0363. The van der Waals surface area contributed by atoms with Crippen LogP contribution < -0.4 is 4.74 Å². The van der Waals surface area contributed by atoms with Crippen LogP contribution in [0.25, 0.3) is 11.5 Å². The lowest BCUT2D eigenvalue weighted by molar-refractivity contribution is 0.0993. The predicted molar refractivity (Wildman–Crippen MR) is 97.1 cm³/mol. The molecule has 128 valence electrons. The topological polar surface area (TPSA) is 65.2 Å². The molecule has 0 bridgehead atoms. The Morgan fingerprint density at radius 3 is 2.40 bits per heavy atom. The van der Waals surface area contributed by atoms with Crippen molar-refractivity contribution in [2.75, 3.05) is 7.11 Å². The third kappa shape index (κ3) is 4.09. The molecule has 1 atom stereocenters. The van der Waals surface area contributed by atoms with E-state index < -0.39 is 0 Å². The van der Waals surface area contributed by atoms with Gasteiger partial charge in [-0.15, -0.1) is 10.2 Å². The van der Waals surface area contributed by atoms with Gasteiger partial charge in [0, 0.05) is 11.1 Å². The van der Waals surface area contributed by atoms with E-state index >= 15 is 0 Å². The summed E-state index contributed by atoms with van der Waals surface area (Å²) in [7, 11) is 1.61. The molecule has 1 heterocycles. The Labute approximate surface area is 150 Å². The highest BCUT2D eigenvalue weighted by molar-refractivity contribution is 8.00. The molecular weight excluding hydrogens is 336 g/mol. The maximum Gasteiger partial charge on any atom is 0.277 e. The van der Waals surface area contributed by atoms with E-state index in [-0.39, 0.29) is 11.0 Å². The number of methoxy groups -OCH3 is 1. The highest BCUT2D eigenvalue weighted by atomic mass is 32.2. The first-order valence-corrected chi connectivity index (χ1v) is 8.70. The summed E-state index contributed by atoms with van der Waals surface area (Å²) >= 11 is 1.26. The van der Waals surface area contributed by atoms with Crippen molar-refractivity contribution in [1.29, 1.82) is 0 Å². The molecule has 0 aliphatic rings. The highest BCUT2D eigenvalue weighted by Gasteiger charge is 2.20. The van der Waals surface area contributed by atoms with Crippen LogP contribution >= 0.6 is 11.8 Å². The van der Waals surface area contributed by atoms with Gasteiger partial charge < -0.3 is 9.15 Å². The van der Waals surface area contributed by atoms with Crippen molar-refractivity contribution < 1.29 is 13.9 Å². The van der Waals surface area contributed by atoms with Crippen LogP contribution in [-0.2, 0) is 0 Å². The second-order valence-corrected chi connectivity index (χ2v) is 6.88. The molecule has 6 heteroatoms. The lowest BCUT2D eigenvalue weighted by Gasteiger charge is -2.07. The Morgan fingerprint density at radius 1 is 1.08 bits per heavy atom. The van der Waals surface area contributed by atoms with Crippen molar-refractivity contribution in [2.45, 2.75) is 24.3 Å². The Bertz CT molecular complexity index is 857. The molecule has 1 aromatic heterocycles. The molecule has 0 aliphatic carbocycles. The molecule has 3 rings (SSSR count). The predicted octanol–water partition coefficient (Wildman–Crippen LogP) is 4.42. The number of benzene rings is 2. The van der Waals surface area contributed by atoms with E-state index in [0.717, 1.165) is 16.9 Å². The Kier molecular flexibility index (Phi) is 5.19. The first-order chi connectivity index (χ1) is 12.1. The van der Waals surface area contributed by atoms with Crippen molar-refractivity contribution in [2.24, 2.45) is 0 Å². The van der Waals surface area contributed by atoms with Crippen LogP contribution in [0.15, 0.2) is 58.2 Å². The Hall–Kier alpha value is -2.60. The summed E-state index contributed by atoms with van der Waals surface area (Å²) in [5.41, 5.74) is 2.61. The molecule has 0 spiro atoms. The summed E-state index contributed by atoms with van der Waals surface area (Å²) in [4.78, 5) is 12.5. The zero-order valence-electron chi connectivity index (χ0n) is 14.2. The normalized spacial score (nSPS) is 12.0. The maximum atomic E-state index is 12.5. The summed E-state index contributed by atoms with van der Waals surface area (Å²) < 4.78 is 10.8. The van der Waals surface area contributed by atoms with Gasteiger partial charge in [0.15, 0.2) is 5.78 Å². The number of thioether (sulfide) groups is 1. The summed E-state index contributed by atoms with van der Waals surface area (Å²) in [5, 5.41) is 8.14. The fourth-order valence-corrected chi connectivity index (χ4v) is 3.03. The second-order valence-electron chi connectivity index (χ2n) is 5.59. The fraction of sp³-hybridized carbons (Fsp3) is 0.211. The minimum atomic E-state index is -0.313. The number of hydrogen-bond acceptors (Lipinski definition) is 6. The van der Waals surface area contributed by atoms with Gasteiger partial charge >= 0.3 is 0 Å².